The number of carbonyl (C=O) groups is 2. The van der Waals surface area contributed by atoms with Gasteiger partial charge < -0.3 is 14.9 Å². The Balaban J connectivity index is 2.96. The van der Waals surface area contributed by atoms with Crippen LogP contribution in [-0.4, -0.2) is 60.5 Å². The lowest BCUT2D eigenvalue weighted by Gasteiger charge is -2.23. The summed E-state index contributed by atoms with van der Waals surface area (Å²) in [5, 5.41) is 8.89. The molecule has 0 aliphatic heterocycles. The lowest BCUT2D eigenvalue weighted by Crippen LogP contribution is -2.40. The average molecular weight is 282 g/mol. The number of hydrogen-bond acceptors (Lipinski definition) is 3. The Morgan fingerprint density at radius 2 is 1.90 bits per heavy atom. The first kappa shape index (κ1) is 16.1. The maximum absolute atomic E-state index is 13.3. The fourth-order valence-corrected chi connectivity index (χ4v) is 1.73. The molecule has 0 aromatic heterocycles. The number of nitrogens with zero attached hydrogens (tertiary/aromatic N) is 2. The number of carbonyl (C=O) groups excluding carboxylic acids is 1. The molecule has 5 nitrogen and oxygen atoms in total. The molecule has 0 heterocycles. The molecule has 20 heavy (non-hydrogen) atoms. The number of aryl methyl sites for hydroxylation is 1. The predicted octanol–water partition coefficient (Wildman–Crippen LogP) is 1.22. The summed E-state index contributed by atoms with van der Waals surface area (Å²) in [5.41, 5.74) is 0.821. The van der Waals surface area contributed by atoms with Crippen LogP contribution < -0.4 is 0 Å². The van der Waals surface area contributed by atoms with Crippen molar-refractivity contribution in [1.29, 1.82) is 0 Å². The van der Waals surface area contributed by atoms with Crippen LogP contribution in [0.4, 0.5) is 4.39 Å². The molecule has 6 heteroatoms. The van der Waals surface area contributed by atoms with Crippen molar-refractivity contribution < 1.29 is 19.1 Å². The van der Waals surface area contributed by atoms with Gasteiger partial charge in [0.05, 0.1) is 0 Å². The number of carboxylic acid groups (broad SMARTS) is 1. The van der Waals surface area contributed by atoms with Crippen LogP contribution in [0, 0.1) is 12.7 Å². The Labute approximate surface area is 117 Å². The smallest absolute Gasteiger partial charge is 0.323 e. The second-order valence-electron chi connectivity index (χ2n) is 4.88. The third-order valence-corrected chi connectivity index (χ3v) is 2.86. The van der Waals surface area contributed by atoms with E-state index in [0.717, 1.165) is 6.07 Å². The number of benzene rings is 1. The van der Waals surface area contributed by atoms with Crippen LogP contribution in [0.2, 0.25) is 0 Å². The van der Waals surface area contributed by atoms with Crippen LogP contribution in [-0.2, 0) is 4.79 Å². The monoisotopic (exact) mass is 282 g/mol. The minimum absolute atomic E-state index is 0.199. The average Bonchev–Trinajstić information content (AvgIpc) is 2.36. The zero-order chi connectivity index (χ0) is 15.3. The van der Waals surface area contributed by atoms with E-state index >= 15 is 0 Å². The molecule has 1 rings (SSSR count). The number of aliphatic carboxylic acids is 1. The highest BCUT2D eigenvalue weighted by atomic mass is 19.1. The number of carboxylic acids is 1. The van der Waals surface area contributed by atoms with Crippen LogP contribution >= 0.6 is 0 Å². The molecule has 0 fully saturated rings. The van der Waals surface area contributed by atoms with E-state index < -0.39 is 24.2 Å². The van der Waals surface area contributed by atoms with Gasteiger partial charge in [0, 0.05) is 18.7 Å². The van der Waals surface area contributed by atoms with Crippen molar-refractivity contribution in [2.75, 3.05) is 33.7 Å². The van der Waals surface area contributed by atoms with Crippen molar-refractivity contribution in [3.05, 3.63) is 35.1 Å². The predicted molar refractivity (Wildman–Crippen MR) is 73.2 cm³/mol. The molecule has 1 amide bonds. The van der Waals surface area contributed by atoms with Crippen molar-refractivity contribution in [3.63, 3.8) is 0 Å². The van der Waals surface area contributed by atoms with E-state index in [-0.39, 0.29) is 12.1 Å². The van der Waals surface area contributed by atoms with Crippen LogP contribution in [0.1, 0.15) is 15.9 Å². The largest absolute Gasteiger partial charge is 0.480 e. The lowest BCUT2D eigenvalue weighted by atomic mass is 10.1. The van der Waals surface area contributed by atoms with Gasteiger partial charge in [-0.2, -0.15) is 0 Å². The van der Waals surface area contributed by atoms with Crippen molar-refractivity contribution in [2.24, 2.45) is 0 Å². The zero-order valence-electron chi connectivity index (χ0n) is 11.9. The van der Waals surface area contributed by atoms with Crippen molar-refractivity contribution in [3.8, 4) is 0 Å². The molecular formula is C14H19FN2O3. The van der Waals surface area contributed by atoms with Crippen LogP contribution in [0.3, 0.4) is 0 Å². The Kier molecular flexibility index (Phi) is 5.64. The summed E-state index contributed by atoms with van der Waals surface area (Å²) >= 11 is 0. The molecule has 1 aromatic rings. The van der Waals surface area contributed by atoms with Gasteiger partial charge in [0.25, 0.3) is 5.91 Å². The number of rotatable bonds is 6. The highest BCUT2D eigenvalue weighted by Crippen LogP contribution is 2.13. The van der Waals surface area contributed by atoms with Gasteiger partial charge in [-0.1, -0.05) is 6.07 Å². The normalized spacial score (nSPS) is 10.7. The van der Waals surface area contributed by atoms with Gasteiger partial charge in [-0.05, 0) is 38.7 Å². The molecule has 110 valence electrons. The van der Waals surface area contributed by atoms with Gasteiger partial charge in [-0.25, -0.2) is 4.39 Å². The van der Waals surface area contributed by atoms with Crippen molar-refractivity contribution in [2.45, 2.75) is 6.92 Å². The van der Waals surface area contributed by atoms with Gasteiger partial charge in [-0.3, -0.25) is 9.59 Å². The molecule has 0 spiro atoms. The standard InChI is InChI=1S/C14H19FN2O3/c1-10-4-5-11(15)8-12(10)14(20)17(9-13(18)19)7-6-16(2)3/h4-5,8H,6-7,9H2,1-3H3,(H,18,19). The summed E-state index contributed by atoms with van der Waals surface area (Å²) in [5.74, 6) is -2.07. The maximum Gasteiger partial charge on any atom is 0.323 e. The molecule has 0 atom stereocenters. The lowest BCUT2D eigenvalue weighted by molar-refractivity contribution is -0.137. The summed E-state index contributed by atoms with van der Waals surface area (Å²) in [6, 6.07) is 3.92. The number of amides is 1. The number of hydrogen-bond donors (Lipinski definition) is 1. The first-order valence-corrected chi connectivity index (χ1v) is 6.23. The van der Waals surface area contributed by atoms with E-state index in [0.29, 0.717) is 12.1 Å². The SMILES string of the molecule is Cc1ccc(F)cc1C(=O)N(CCN(C)C)CC(=O)O. The highest BCUT2D eigenvalue weighted by molar-refractivity contribution is 5.97. The first-order chi connectivity index (χ1) is 9.31. The molecule has 0 unspecified atom stereocenters. The van der Waals surface area contributed by atoms with E-state index in [1.807, 2.05) is 19.0 Å². The Morgan fingerprint density at radius 1 is 1.25 bits per heavy atom. The van der Waals surface area contributed by atoms with Gasteiger partial charge in [-0.15, -0.1) is 0 Å². The van der Waals surface area contributed by atoms with E-state index in [1.165, 1.54) is 17.0 Å². The summed E-state index contributed by atoms with van der Waals surface area (Å²) in [4.78, 5) is 26.3. The van der Waals surface area contributed by atoms with Gasteiger partial charge in [0.2, 0.25) is 0 Å². The van der Waals surface area contributed by atoms with Gasteiger partial charge in [0.1, 0.15) is 12.4 Å². The topological polar surface area (TPSA) is 60.9 Å². The Bertz CT molecular complexity index is 503. The van der Waals surface area contributed by atoms with Crippen LogP contribution in [0.15, 0.2) is 18.2 Å². The van der Waals surface area contributed by atoms with Gasteiger partial charge >= 0.3 is 5.97 Å². The maximum atomic E-state index is 13.3. The highest BCUT2D eigenvalue weighted by Gasteiger charge is 2.20. The van der Waals surface area contributed by atoms with E-state index in [2.05, 4.69) is 0 Å². The second kappa shape index (κ2) is 7.00. The molecule has 0 saturated heterocycles. The van der Waals surface area contributed by atoms with E-state index in [9.17, 15) is 14.0 Å². The summed E-state index contributed by atoms with van der Waals surface area (Å²) in [6.07, 6.45) is 0. The molecular weight excluding hydrogens is 263 g/mol. The molecule has 0 bridgehead atoms. The van der Waals surface area contributed by atoms with Crippen molar-refractivity contribution in [1.82, 2.24) is 9.80 Å². The molecule has 0 aliphatic rings. The third kappa shape index (κ3) is 4.62. The molecule has 1 N–H and O–H groups in total. The first-order valence-electron chi connectivity index (χ1n) is 6.23. The second-order valence-corrected chi connectivity index (χ2v) is 4.88. The fourth-order valence-electron chi connectivity index (χ4n) is 1.73. The Morgan fingerprint density at radius 3 is 2.45 bits per heavy atom. The summed E-state index contributed by atoms with van der Waals surface area (Å²) in [7, 11) is 3.66. The van der Waals surface area contributed by atoms with Crippen LogP contribution in [0.25, 0.3) is 0 Å². The van der Waals surface area contributed by atoms with E-state index in [1.54, 1.807) is 6.92 Å². The van der Waals surface area contributed by atoms with Gasteiger partial charge in [0.15, 0.2) is 0 Å². The minimum Gasteiger partial charge on any atom is -0.480 e. The minimum atomic E-state index is -1.09. The molecule has 0 aliphatic carbocycles. The summed E-state index contributed by atoms with van der Waals surface area (Å²) < 4.78 is 13.3. The molecule has 0 saturated carbocycles. The molecule has 1 aromatic carbocycles. The Hall–Kier alpha value is -1.95. The zero-order valence-corrected chi connectivity index (χ0v) is 11.9. The fraction of sp³-hybridized carbons (Fsp3) is 0.429. The quantitative estimate of drug-likeness (QED) is 0.852. The summed E-state index contributed by atoms with van der Waals surface area (Å²) in [6.45, 7) is 2.10. The number of likely N-dealkylation sites (N-methyl/N-ethyl adjacent to an activating group) is 1. The third-order valence-electron chi connectivity index (χ3n) is 2.86. The van der Waals surface area contributed by atoms with Crippen molar-refractivity contribution >= 4 is 11.9 Å². The van der Waals surface area contributed by atoms with E-state index in [4.69, 9.17) is 5.11 Å². The molecule has 0 radical (unpaired) electrons. The number of halogens is 1. The van der Waals surface area contributed by atoms with Crippen LogP contribution in [0.5, 0.6) is 0 Å².